The first-order valence-corrected chi connectivity index (χ1v) is 14.0. The minimum atomic E-state index is -0.146. The van der Waals surface area contributed by atoms with Crippen molar-refractivity contribution >= 4 is 47.0 Å². The zero-order valence-corrected chi connectivity index (χ0v) is 25.1. The number of aryl methyl sites for hydroxylation is 1. The van der Waals surface area contributed by atoms with Gasteiger partial charge in [-0.1, -0.05) is 62.7 Å². The Hall–Kier alpha value is -4.32. The summed E-state index contributed by atoms with van der Waals surface area (Å²) in [4.78, 5) is 13.2. The van der Waals surface area contributed by atoms with Gasteiger partial charge in [0.1, 0.15) is 16.7 Å². The Morgan fingerprint density at radius 2 is 2.02 bits per heavy atom. The fourth-order valence-electron chi connectivity index (χ4n) is 4.54. The molecule has 12 heteroatoms. The lowest BCUT2D eigenvalue weighted by Crippen LogP contribution is -2.77. The average Bonchev–Trinajstić information content (AvgIpc) is 3.53. The quantitative estimate of drug-likeness (QED) is 0.180. The van der Waals surface area contributed by atoms with E-state index < -0.39 is 0 Å². The molecule has 42 heavy (non-hydrogen) atoms. The number of fused-ring (bicyclic) bond motifs is 1. The van der Waals surface area contributed by atoms with E-state index in [0.717, 1.165) is 17.5 Å². The predicted octanol–water partition coefficient (Wildman–Crippen LogP) is 4.82. The highest BCUT2D eigenvalue weighted by atomic mass is 35.5. The fraction of sp³-hybridized carbons (Fsp3) is 0.300. The number of anilines is 2. The lowest BCUT2D eigenvalue weighted by atomic mass is 9.92. The lowest BCUT2D eigenvalue weighted by Gasteiger charge is -2.22. The zero-order valence-electron chi connectivity index (χ0n) is 24.3. The summed E-state index contributed by atoms with van der Waals surface area (Å²) < 4.78 is 15.9. The van der Waals surface area contributed by atoms with Crippen LogP contribution >= 0.6 is 11.6 Å². The largest absolute Gasteiger partial charge is 0.446 e. The van der Waals surface area contributed by atoms with Crippen molar-refractivity contribution in [3.8, 4) is 5.75 Å². The van der Waals surface area contributed by atoms with Crippen molar-refractivity contribution in [2.24, 2.45) is 12.0 Å². The van der Waals surface area contributed by atoms with E-state index in [-0.39, 0.29) is 11.5 Å². The maximum atomic E-state index is 7.80. The highest BCUT2D eigenvalue weighted by Gasteiger charge is 2.24. The molecule has 0 saturated carbocycles. The van der Waals surface area contributed by atoms with Crippen LogP contribution in [0.2, 0.25) is 5.02 Å². The van der Waals surface area contributed by atoms with Crippen LogP contribution in [0.4, 0.5) is 11.8 Å². The van der Waals surface area contributed by atoms with Gasteiger partial charge in [-0.05, 0) is 12.5 Å². The number of hydrogen-bond acceptors (Lipinski definition) is 8. The summed E-state index contributed by atoms with van der Waals surface area (Å²) in [6.45, 7) is 9.67. The van der Waals surface area contributed by atoms with E-state index in [1.165, 1.54) is 6.20 Å². The molecular formula is C30H35ClN9O2+. The van der Waals surface area contributed by atoms with Gasteiger partial charge in [-0.2, -0.15) is 10.1 Å². The smallest absolute Gasteiger partial charge is 0.210 e. The van der Waals surface area contributed by atoms with Crippen LogP contribution in [0.15, 0.2) is 71.4 Å². The van der Waals surface area contributed by atoms with Crippen molar-refractivity contribution in [2.75, 3.05) is 5.32 Å². The number of rotatable bonds is 10. The van der Waals surface area contributed by atoms with E-state index in [9.17, 15) is 0 Å². The Bertz CT molecular complexity index is 1680. The number of pyridine rings is 1. The molecule has 1 aliphatic heterocycles. The number of aromatic nitrogens is 5. The van der Waals surface area contributed by atoms with Crippen LogP contribution in [0.25, 0.3) is 11.2 Å². The summed E-state index contributed by atoms with van der Waals surface area (Å²) in [5.74, 6) is 1.79. The third-order valence-electron chi connectivity index (χ3n) is 6.70. The van der Waals surface area contributed by atoms with Gasteiger partial charge in [0.15, 0.2) is 22.9 Å². The van der Waals surface area contributed by atoms with E-state index in [0.29, 0.717) is 58.3 Å². The zero-order chi connectivity index (χ0) is 29.9. The number of hydrogen-bond donors (Lipinski definition) is 3. The third-order valence-corrected chi connectivity index (χ3v) is 7.06. The minimum absolute atomic E-state index is 0.0504. The number of ether oxygens (including phenoxy) is 2. The van der Waals surface area contributed by atoms with Gasteiger partial charge in [0, 0.05) is 24.2 Å². The van der Waals surface area contributed by atoms with Crippen LogP contribution in [-0.2, 0) is 30.4 Å². The molecule has 11 nitrogen and oxygen atoms in total. The second-order valence-corrected chi connectivity index (χ2v) is 11.4. The summed E-state index contributed by atoms with van der Waals surface area (Å²) in [6.07, 6.45) is 7.62. The van der Waals surface area contributed by atoms with Gasteiger partial charge in [0.2, 0.25) is 11.7 Å². The first kappa shape index (κ1) is 29.2. The van der Waals surface area contributed by atoms with Gasteiger partial charge < -0.3 is 24.8 Å². The van der Waals surface area contributed by atoms with Crippen LogP contribution in [0.1, 0.15) is 39.0 Å². The molecule has 0 bridgehead atoms. The highest BCUT2D eigenvalue weighted by Crippen LogP contribution is 2.34. The maximum absolute atomic E-state index is 7.80. The molecule has 3 aromatic heterocycles. The van der Waals surface area contributed by atoms with Crippen LogP contribution in [0, 0.1) is 5.41 Å². The fourth-order valence-corrected chi connectivity index (χ4v) is 4.84. The van der Waals surface area contributed by atoms with E-state index >= 15 is 0 Å². The summed E-state index contributed by atoms with van der Waals surface area (Å²) in [5, 5.41) is 18.1. The molecule has 5 rings (SSSR count). The average molecular weight is 589 g/mol. The maximum Gasteiger partial charge on any atom is 0.210 e. The Morgan fingerprint density at radius 3 is 2.71 bits per heavy atom. The number of aliphatic imine (C=N–C) groups is 1. The van der Waals surface area contributed by atoms with Gasteiger partial charge in [-0.3, -0.25) is 15.0 Å². The molecule has 4 N–H and O–H groups in total. The van der Waals surface area contributed by atoms with Crippen LogP contribution in [-0.4, -0.2) is 42.8 Å². The van der Waals surface area contributed by atoms with Crippen molar-refractivity contribution < 1.29 is 14.8 Å². The SMILES string of the molecule is CC(Cn1nc(Nc2nc3ncc(O/C(C=N)=C4\C=NC=C[NH2+]4)c(Cl)c3n2C)cc1C(C)(C)C)OCc1ccccc1. The number of halogens is 1. The molecule has 1 unspecified atom stereocenters. The Morgan fingerprint density at radius 1 is 1.24 bits per heavy atom. The number of benzene rings is 1. The van der Waals surface area contributed by atoms with Crippen molar-refractivity contribution in [3.63, 3.8) is 0 Å². The Kier molecular flexibility index (Phi) is 8.53. The standard InChI is InChI=1S/C30H34ClN9O2/c1-19(41-18-20-9-7-6-8-10-20)17-40-24(30(2,3)4)13-25(38-40)36-29-37-28-27(39(29)5)26(31)23(16-35-28)42-22(14-32)21-15-33-11-12-34-21/h6-16,19,32,34H,17-18H2,1-5H3,(H,35,36,37,38)/p+1/b22-21+,32-14?. The predicted molar refractivity (Wildman–Crippen MR) is 164 cm³/mol. The third kappa shape index (κ3) is 6.43. The Balaban J connectivity index is 1.37. The molecule has 0 aliphatic carbocycles. The van der Waals surface area contributed by atoms with Gasteiger partial charge >= 0.3 is 0 Å². The van der Waals surface area contributed by atoms with Crippen LogP contribution < -0.4 is 15.4 Å². The van der Waals surface area contributed by atoms with Crippen molar-refractivity contribution in [1.82, 2.24) is 24.3 Å². The summed E-state index contributed by atoms with van der Waals surface area (Å²) >= 11 is 6.78. The van der Waals surface area contributed by atoms with E-state index in [2.05, 4.69) is 60.1 Å². The molecule has 0 saturated heterocycles. The summed E-state index contributed by atoms with van der Waals surface area (Å²) in [7, 11) is 1.85. The normalized spacial score (nSPS) is 15.2. The minimum Gasteiger partial charge on any atom is -0.446 e. The molecule has 0 spiro atoms. The second kappa shape index (κ2) is 12.3. The Labute approximate surface area is 249 Å². The molecule has 4 heterocycles. The molecule has 1 aromatic carbocycles. The second-order valence-electron chi connectivity index (χ2n) is 11.0. The summed E-state index contributed by atoms with van der Waals surface area (Å²) in [5.41, 5.74) is 3.75. The number of quaternary nitrogens is 1. The number of nitrogens with two attached hydrogens (primary N) is 1. The van der Waals surface area contributed by atoms with Crippen molar-refractivity contribution in [1.29, 1.82) is 5.41 Å². The van der Waals surface area contributed by atoms with E-state index in [1.54, 1.807) is 23.9 Å². The number of nitrogens with zero attached hydrogens (tertiary/aromatic N) is 6. The molecule has 1 aliphatic rings. The van der Waals surface area contributed by atoms with Crippen molar-refractivity contribution in [3.05, 3.63) is 82.7 Å². The van der Waals surface area contributed by atoms with E-state index in [4.69, 9.17) is 31.6 Å². The topological polar surface area (TPSA) is 132 Å². The molecule has 0 radical (unpaired) electrons. The van der Waals surface area contributed by atoms with Crippen LogP contribution in [0.3, 0.4) is 0 Å². The van der Waals surface area contributed by atoms with Gasteiger partial charge in [-0.25, -0.2) is 4.98 Å². The number of nitrogens with one attached hydrogen (secondary N) is 2. The molecule has 1 atom stereocenters. The molecule has 0 amide bonds. The lowest BCUT2D eigenvalue weighted by molar-refractivity contribution is -0.528. The number of allylic oxidation sites excluding steroid dienone is 2. The molecule has 4 aromatic rings. The van der Waals surface area contributed by atoms with Gasteiger partial charge in [0.05, 0.1) is 44.1 Å². The van der Waals surface area contributed by atoms with Gasteiger partial charge in [0.25, 0.3) is 0 Å². The number of imidazole rings is 1. The molecular weight excluding hydrogens is 554 g/mol. The molecule has 0 fully saturated rings. The first-order chi connectivity index (χ1) is 20.1. The van der Waals surface area contributed by atoms with Gasteiger partial charge in [-0.15, -0.1) is 0 Å². The van der Waals surface area contributed by atoms with Crippen molar-refractivity contribution in [2.45, 2.75) is 52.4 Å². The monoisotopic (exact) mass is 588 g/mol. The molecule has 218 valence electrons. The van der Waals surface area contributed by atoms with E-state index in [1.807, 2.05) is 40.6 Å². The summed E-state index contributed by atoms with van der Waals surface area (Å²) in [6, 6.07) is 12.2. The first-order valence-electron chi connectivity index (χ1n) is 13.6. The van der Waals surface area contributed by atoms with Crippen LogP contribution in [0.5, 0.6) is 5.75 Å². The highest BCUT2D eigenvalue weighted by molar-refractivity contribution is 6.36.